The smallest absolute Gasteiger partial charge is 0.122 e. The van der Waals surface area contributed by atoms with Crippen molar-refractivity contribution in [3.8, 4) is 0 Å². The largest absolute Gasteiger partial charge is 0.334 e. The Labute approximate surface area is 116 Å². The van der Waals surface area contributed by atoms with Crippen molar-refractivity contribution in [2.75, 3.05) is 0 Å². The standard InChI is InChI=1S/C14H18BrN3/c1-3-18-9-8-16-14(18)10-17-11(2)12-4-6-13(15)7-5-12/h4-9,11,17H,3,10H2,1-2H3/t11-/m1/s1. The van der Waals surface area contributed by atoms with Gasteiger partial charge in [0.05, 0.1) is 6.54 Å². The highest BCUT2D eigenvalue weighted by atomic mass is 79.9. The highest BCUT2D eigenvalue weighted by Gasteiger charge is 2.06. The van der Waals surface area contributed by atoms with Gasteiger partial charge < -0.3 is 9.88 Å². The Morgan fingerprint density at radius 1 is 1.33 bits per heavy atom. The van der Waals surface area contributed by atoms with E-state index in [9.17, 15) is 0 Å². The topological polar surface area (TPSA) is 29.9 Å². The Hall–Kier alpha value is -1.13. The van der Waals surface area contributed by atoms with Gasteiger partial charge in [-0.05, 0) is 31.5 Å². The number of hydrogen-bond donors (Lipinski definition) is 1. The summed E-state index contributed by atoms with van der Waals surface area (Å²) in [6, 6.07) is 8.73. The normalized spacial score (nSPS) is 12.6. The second-order valence-electron chi connectivity index (χ2n) is 4.28. The second-order valence-corrected chi connectivity index (χ2v) is 5.20. The van der Waals surface area contributed by atoms with Crippen molar-refractivity contribution < 1.29 is 0 Å². The van der Waals surface area contributed by atoms with E-state index in [2.05, 4.69) is 68.9 Å². The number of aryl methyl sites for hydroxylation is 1. The van der Waals surface area contributed by atoms with Gasteiger partial charge in [-0.3, -0.25) is 0 Å². The number of halogens is 1. The summed E-state index contributed by atoms with van der Waals surface area (Å²) in [5.74, 6) is 1.08. The van der Waals surface area contributed by atoms with E-state index >= 15 is 0 Å². The third-order valence-electron chi connectivity index (χ3n) is 3.08. The van der Waals surface area contributed by atoms with Crippen LogP contribution in [0.1, 0.15) is 31.3 Å². The molecule has 1 heterocycles. The van der Waals surface area contributed by atoms with Gasteiger partial charge in [-0.2, -0.15) is 0 Å². The molecule has 96 valence electrons. The molecular weight excluding hydrogens is 290 g/mol. The quantitative estimate of drug-likeness (QED) is 0.916. The zero-order valence-corrected chi connectivity index (χ0v) is 12.3. The summed E-state index contributed by atoms with van der Waals surface area (Å²) in [5, 5.41) is 3.50. The van der Waals surface area contributed by atoms with Gasteiger partial charge in [0.25, 0.3) is 0 Å². The van der Waals surface area contributed by atoms with E-state index < -0.39 is 0 Å². The fourth-order valence-corrected chi connectivity index (χ4v) is 2.17. The van der Waals surface area contributed by atoms with Crippen LogP contribution < -0.4 is 5.32 Å². The molecule has 0 radical (unpaired) electrons. The van der Waals surface area contributed by atoms with Crippen LogP contribution in [0, 0.1) is 0 Å². The summed E-state index contributed by atoms with van der Waals surface area (Å²) in [7, 11) is 0. The maximum atomic E-state index is 4.36. The number of rotatable bonds is 5. The molecule has 4 heteroatoms. The molecule has 1 aromatic heterocycles. The zero-order valence-electron chi connectivity index (χ0n) is 10.7. The Balaban J connectivity index is 1.96. The second kappa shape index (κ2) is 6.16. The monoisotopic (exact) mass is 307 g/mol. The molecule has 0 aliphatic heterocycles. The van der Waals surface area contributed by atoms with E-state index in [0.717, 1.165) is 23.4 Å². The fourth-order valence-electron chi connectivity index (χ4n) is 1.91. The molecule has 18 heavy (non-hydrogen) atoms. The molecule has 2 aromatic rings. The number of imidazole rings is 1. The molecule has 0 saturated heterocycles. The van der Waals surface area contributed by atoms with Crippen LogP contribution in [0.2, 0.25) is 0 Å². The van der Waals surface area contributed by atoms with E-state index in [4.69, 9.17) is 0 Å². The predicted octanol–water partition coefficient (Wildman–Crippen LogP) is 3.52. The Morgan fingerprint density at radius 3 is 2.72 bits per heavy atom. The molecule has 0 fully saturated rings. The summed E-state index contributed by atoms with van der Waals surface area (Å²) >= 11 is 3.45. The Bertz CT molecular complexity index is 490. The minimum absolute atomic E-state index is 0.320. The molecule has 0 saturated carbocycles. The lowest BCUT2D eigenvalue weighted by Gasteiger charge is -2.14. The zero-order chi connectivity index (χ0) is 13.0. The summed E-state index contributed by atoms with van der Waals surface area (Å²) in [5.41, 5.74) is 1.29. The van der Waals surface area contributed by atoms with Crippen molar-refractivity contribution in [1.29, 1.82) is 0 Å². The number of hydrogen-bond acceptors (Lipinski definition) is 2. The maximum Gasteiger partial charge on any atom is 0.122 e. The molecule has 1 atom stereocenters. The van der Waals surface area contributed by atoms with Crippen LogP contribution in [0.3, 0.4) is 0 Å². The average molecular weight is 308 g/mol. The minimum atomic E-state index is 0.320. The third-order valence-corrected chi connectivity index (χ3v) is 3.61. The first-order valence-corrected chi connectivity index (χ1v) is 6.99. The van der Waals surface area contributed by atoms with Crippen LogP contribution in [-0.2, 0) is 13.1 Å². The van der Waals surface area contributed by atoms with Gasteiger partial charge in [0.1, 0.15) is 5.82 Å². The van der Waals surface area contributed by atoms with Crippen molar-refractivity contribution in [1.82, 2.24) is 14.9 Å². The third kappa shape index (κ3) is 3.21. The average Bonchev–Trinajstić information content (AvgIpc) is 2.84. The summed E-state index contributed by atoms with van der Waals surface area (Å²) in [6.45, 7) is 6.05. The highest BCUT2D eigenvalue weighted by Crippen LogP contribution is 2.16. The predicted molar refractivity (Wildman–Crippen MR) is 77.3 cm³/mol. The summed E-state index contributed by atoms with van der Waals surface area (Å²) in [4.78, 5) is 4.36. The van der Waals surface area contributed by atoms with Crippen LogP contribution in [0.25, 0.3) is 0 Å². The van der Waals surface area contributed by atoms with Gasteiger partial charge in [-0.25, -0.2) is 4.98 Å². The fraction of sp³-hybridized carbons (Fsp3) is 0.357. The van der Waals surface area contributed by atoms with Crippen LogP contribution in [0.5, 0.6) is 0 Å². The number of nitrogens with one attached hydrogen (secondary N) is 1. The van der Waals surface area contributed by atoms with Crippen molar-refractivity contribution in [2.24, 2.45) is 0 Å². The van der Waals surface area contributed by atoms with E-state index in [1.807, 2.05) is 12.4 Å². The van der Waals surface area contributed by atoms with E-state index in [-0.39, 0.29) is 0 Å². The lowest BCUT2D eigenvalue weighted by atomic mass is 10.1. The van der Waals surface area contributed by atoms with Crippen LogP contribution in [-0.4, -0.2) is 9.55 Å². The highest BCUT2D eigenvalue weighted by molar-refractivity contribution is 9.10. The van der Waals surface area contributed by atoms with Gasteiger partial charge in [-0.1, -0.05) is 28.1 Å². The molecule has 0 bridgehead atoms. The van der Waals surface area contributed by atoms with Crippen LogP contribution >= 0.6 is 15.9 Å². The van der Waals surface area contributed by atoms with Crippen LogP contribution in [0.15, 0.2) is 41.1 Å². The molecule has 0 aliphatic rings. The Morgan fingerprint density at radius 2 is 2.06 bits per heavy atom. The van der Waals surface area contributed by atoms with Gasteiger partial charge in [0.15, 0.2) is 0 Å². The lowest BCUT2D eigenvalue weighted by Crippen LogP contribution is -2.20. The molecule has 0 unspecified atom stereocenters. The van der Waals surface area contributed by atoms with Crippen molar-refractivity contribution >= 4 is 15.9 Å². The molecule has 3 nitrogen and oxygen atoms in total. The van der Waals surface area contributed by atoms with Crippen molar-refractivity contribution in [2.45, 2.75) is 33.0 Å². The van der Waals surface area contributed by atoms with Gasteiger partial charge in [-0.15, -0.1) is 0 Å². The Kier molecular flexibility index (Phi) is 4.55. The van der Waals surface area contributed by atoms with Gasteiger partial charge >= 0.3 is 0 Å². The van der Waals surface area contributed by atoms with Gasteiger partial charge in [0, 0.05) is 29.5 Å². The molecular formula is C14H18BrN3. The maximum absolute atomic E-state index is 4.36. The van der Waals surface area contributed by atoms with Crippen molar-refractivity contribution in [3.05, 3.63) is 52.5 Å². The number of nitrogens with zero attached hydrogens (tertiary/aromatic N) is 2. The molecule has 0 amide bonds. The molecule has 2 rings (SSSR count). The summed E-state index contributed by atoms with van der Waals surface area (Å²) < 4.78 is 3.27. The minimum Gasteiger partial charge on any atom is -0.334 e. The first-order valence-electron chi connectivity index (χ1n) is 6.19. The van der Waals surface area contributed by atoms with E-state index in [0.29, 0.717) is 6.04 Å². The number of benzene rings is 1. The molecule has 0 aliphatic carbocycles. The molecule has 1 aromatic carbocycles. The number of aromatic nitrogens is 2. The lowest BCUT2D eigenvalue weighted by molar-refractivity contribution is 0.540. The van der Waals surface area contributed by atoms with E-state index in [1.54, 1.807) is 0 Å². The van der Waals surface area contributed by atoms with Gasteiger partial charge in [0.2, 0.25) is 0 Å². The summed E-state index contributed by atoms with van der Waals surface area (Å²) in [6.07, 6.45) is 3.87. The first kappa shape index (κ1) is 13.3. The molecule has 0 spiro atoms. The SMILES string of the molecule is CCn1ccnc1CN[C@H](C)c1ccc(Br)cc1. The van der Waals surface area contributed by atoms with Crippen molar-refractivity contribution in [3.63, 3.8) is 0 Å². The molecule has 1 N–H and O–H groups in total. The van der Waals surface area contributed by atoms with Crippen LogP contribution in [0.4, 0.5) is 0 Å². The first-order chi connectivity index (χ1) is 8.70. The van der Waals surface area contributed by atoms with E-state index in [1.165, 1.54) is 5.56 Å².